The van der Waals surface area contributed by atoms with E-state index in [1.165, 1.54) is 0 Å². The predicted molar refractivity (Wildman–Crippen MR) is 74.5 cm³/mol. The molecule has 20 heavy (non-hydrogen) atoms. The maximum atomic E-state index is 12.1. The normalized spacial score (nSPS) is 25.6. The van der Waals surface area contributed by atoms with Crippen LogP contribution in [-0.2, 0) is 4.79 Å². The molecule has 0 bridgehead atoms. The monoisotopic (exact) mass is 296 g/mol. The minimum absolute atomic E-state index is 0.0540. The Morgan fingerprint density at radius 2 is 2.15 bits per heavy atom. The number of thiazole rings is 1. The summed E-state index contributed by atoms with van der Waals surface area (Å²) in [5, 5.41) is 13.6. The van der Waals surface area contributed by atoms with Crippen molar-refractivity contribution in [2.45, 2.75) is 19.4 Å². The van der Waals surface area contributed by atoms with Gasteiger partial charge in [-0.1, -0.05) is 0 Å². The first-order valence-corrected chi connectivity index (χ1v) is 7.53. The van der Waals surface area contributed by atoms with Gasteiger partial charge in [0.15, 0.2) is 5.13 Å². The van der Waals surface area contributed by atoms with Crippen molar-refractivity contribution in [3.05, 3.63) is 21.2 Å². The van der Waals surface area contributed by atoms with Crippen LogP contribution in [0.2, 0.25) is 0 Å². The fourth-order valence-corrected chi connectivity index (χ4v) is 3.38. The average Bonchev–Trinajstić information content (AvgIpc) is 3.14. The Hall–Kier alpha value is -1.70. The van der Waals surface area contributed by atoms with E-state index in [1.807, 2.05) is 12.3 Å². The van der Waals surface area contributed by atoms with Gasteiger partial charge in [0.05, 0.1) is 5.69 Å². The van der Waals surface area contributed by atoms with Gasteiger partial charge in [0.1, 0.15) is 5.92 Å². The van der Waals surface area contributed by atoms with Gasteiger partial charge in [-0.3, -0.25) is 14.9 Å². The SMILES string of the molecule is Cc1csc(N2CCN(C(=O)C3CC3[N+](=O)[O-])CC2)n1. The lowest BCUT2D eigenvalue weighted by atomic mass is 10.2. The van der Waals surface area contributed by atoms with Gasteiger partial charge in [-0.25, -0.2) is 4.98 Å². The van der Waals surface area contributed by atoms with Gasteiger partial charge in [-0.15, -0.1) is 11.3 Å². The van der Waals surface area contributed by atoms with E-state index in [4.69, 9.17) is 0 Å². The molecule has 2 atom stereocenters. The number of nitro groups is 1. The Morgan fingerprint density at radius 3 is 2.65 bits per heavy atom. The largest absolute Gasteiger partial charge is 0.345 e. The standard InChI is InChI=1S/C12H16N4O3S/c1-8-7-20-12(13-8)15-4-2-14(3-5-15)11(17)9-6-10(9)16(18)19/h7,9-10H,2-6H2,1H3. The lowest BCUT2D eigenvalue weighted by Crippen LogP contribution is -2.49. The molecule has 3 rings (SSSR count). The summed E-state index contributed by atoms with van der Waals surface area (Å²) >= 11 is 1.61. The highest BCUT2D eigenvalue weighted by atomic mass is 32.1. The fourth-order valence-electron chi connectivity index (χ4n) is 2.52. The van der Waals surface area contributed by atoms with E-state index in [0.717, 1.165) is 23.9 Å². The van der Waals surface area contributed by atoms with Crippen LogP contribution in [-0.4, -0.2) is 52.9 Å². The summed E-state index contributed by atoms with van der Waals surface area (Å²) in [5.74, 6) is -0.444. The topological polar surface area (TPSA) is 79.6 Å². The van der Waals surface area contributed by atoms with Gasteiger partial charge >= 0.3 is 0 Å². The van der Waals surface area contributed by atoms with Gasteiger partial charge in [0.2, 0.25) is 11.9 Å². The van der Waals surface area contributed by atoms with Crippen molar-refractivity contribution in [3.8, 4) is 0 Å². The minimum Gasteiger partial charge on any atom is -0.345 e. The zero-order valence-corrected chi connectivity index (χ0v) is 12.0. The van der Waals surface area contributed by atoms with Gasteiger partial charge in [-0.2, -0.15) is 0 Å². The summed E-state index contributed by atoms with van der Waals surface area (Å²) < 4.78 is 0. The number of carbonyl (C=O) groups is 1. The molecule has 2 heterocycles. The molecule has 2 fully saturated rings. The molecule has 2 aliphatic rings. The number of anilines is 1. The molecular weight excluding hydrogens is 280 g/mol. The first-order chi connectivity index (χ1) is 9.56. The summed E-state index contributed by atoms with van der Waals surface area (Å²) in [5.41, 5.74) is 1.01. The number of amides is 1. The summed E-state index contributed by atoms with van der Waals surface area (Å²) in [6, 6.07) is -0.651. The Balaban J connectivity index is 1.54. The molecule has 1 aromatic rings. The number of nitrogens with zero attached hydrogens (tertiary/aromatic N) is 4. The third kappa shape index (κ3) is 2.47. The maximum absolute atomic E-state index is 12.1. The molecular formula is C12H16N4O3S. The molecule has 1 saturated carbocycles. The van der Waals surface area contributed by atoms with Crippen molar-refractivity contribution in [2.75, 3.05) is 31.1 Å². The summed E-state index contributed by atoms with van der Waals surface area (Å²) in [4.78, 5) is 30.8. The first-order valence-electron chi connectivity index (χ1n) is 6.65. The highest BCUT2D eigenvalue weighted by Crippen LogP contribution is 2.35. The highest BCUT2D eigenvalue weighted by molar-refractivity contribution is 7.13. The molecule has 0 aromatic carbocycles. The molecule has 1 aliphatic heterocycles. The van der Waals surface area contributed by atoms with Gasteiger partial charge in [0, 0.05) is 42.9 Å². The number of hydrogen-bond donors (Lipinski definition) is 0. The molecule has 0 spiro atoms. The summed E-state index contributed by atoms with van der Waals surface area (Å²) in [7, 11) is 0. The van der Waals surface area contributed by atoms with E-state index in [-0.39, 0.29) is 10.8 Å². The minimum atomic E-state index is -0.651. The smallest absolute Gasteiger partial charge is 0.233 e. The molecule has 0 radical (unpaired) electrons. The molecule has 2 unspecified atom stereocenters. The van der Waals surface area contributed by atoms with Crippen molar-refractivity contribution < 1.29 is 9.72 Å². The van der Waals surface area contributed by atoms with E-state index in [9.17, 15) is 14.9 Å². The molecule has 0 N–H and O–H groups in total. The number of aryl methyl sites for hydroxylation is 1. The average molecular weight is 296 g/mol. The highest BCUT2D eigenvalue weighted by Gasteiger charge is 2.54. The number of piperazine rings is 1. The molecule has 7 nitrogen and oxygen atoms in total. The predicted octanol–water partition coefficient (Wildman–Crippen LogP) is 0.765. The van der Waals surface area contributed by atoms with Crippen molar-refractivity contribution >= 4 is 22.4 Å². The molecule has 1 amide bonds. The van der Waals surface area contributed by atoms with Crippen LogP contribution in [0.3, 0.4) is 0 Å². The van der Waals surface area contributed by atoms with Crippen molar-refractivity contribution in [3.63, 3.8) is 0 Å². The Morgan fingerprint density at radius 1 is 1.45 bits per heavy atom. The van der Waals surface area contributed by atoms with Crippen LogP contribution in [0, 0.1) is 23.0 Å². The fraction of sp³-hybridized carbons (Fsp3) is 0.667. The first kappa shape index (κ1) is 13.3. The number of carbonyl (C=O) groups excluding carboxylic acids is 1. The summed E-state index contributed by atoms with van der Waals surface area (Å²) in [6.07, 6.45) is 0.401. The zero-order chi connectivity index (χ0) is 14.3. The maximum Gasteiger partial charge on any atom is 0.233 e. The van der Waals surface area contributed by atoms with E-state index in [1.54, 1.807) is 16.2 Å². The number of hydrogen-bond acceptors (Lipinski definition) is 6. The third-order valence-corrected chi connectivity index (χ3v) is 4.83. The van der Waals surface area contributed by atoms with Gasteiger partial charge < -0.3 is 9.80 Å². The third-order valence-electron chi connectivity index (χ3n) is 3.81. The van der Waals surface area contributed by atoms with E-state index in [2.05, 4.69) is 9.88 Å². The molecule has 108 valence electrons. The van der Waals surface area contributed by atoms with Crippen LogP contribution in [0.4, 0.5) is 5.13 Å². The lowest BCUT2D eigenvalue weighted by molar-refractivity contribution is -0.497. The van der Waals surface area contributed by atoms with Crippen molar-refractivity contribution in [1.82, 2.24) is 9.88 Å². The quantitative estimate of drug-likeness (QED) is 0.608. The Labute approximate surface area is 120 Å². The molecule has 1 aliphatic carbocycles. The Kier molecular flexibility index (Phi) is 3.33. The lowest BCUT2D eigenvalue weighted by Gasteiger charge is -2.34. The second-order valence-corrected chi connectivity index (χ2v) is 6.12. The van der Waals surface area contributed by atoms with Crippen LogP contribution in [0.25, 0.3) is 0 Å². The van der Waals surface area contributed by atoms with Crippen LogP contribution >= 0.6 is 11.3 Å². The van der Waals surface area contributed by atoms with Crippen LogP contribution in [0.15, 0.2) is 5.38 Å². The second kappa shape index (κ2) is 5.01. The zero-order valence-electron chi connectivity index (χ0n) is 11.2. The second-order valence-electron chi connectivity index (χ2n) is 5.28. The van der Waals surface area contributed by atoms with Crippen LogP contribution < -0.4 is 4.90 Å². The molecule has 1 saturated heterocycles. The number of aromatic nitrogens is 1. The molecule has 8 heteroatoms. The Bertz CT molecular complexity index is 539. The van der Waals surface area contributed by atoms with Crippen molar-refractivity contribution in [1.29, 1.82) is 0 Å². The van der Waals surface area contributed by atoms with Crippen LogP contribution in [0.5, 0.6) is 0 Å². The van der Waals surface area contributed by atoms with Gasteiger partial charge in [-0.05, 0) is 6.92 Å². The summed E-state index contributed by atoms with van der Waals surface area (Å²) in [6.45, 7) is 4.70. The molecule has 1 aromatic heterocycles. The van der Waals surface area contributed by atoms with E-state index >= 15 is 0 Å². The number of rotatable bonds is 3. The van der Waals surface area contributed by atoms with Crippen LogP contribution in [0.1, 0.15) is 12.1 Å². The van der Waals surface area contributed by atoms with Gasteiger partial charge in [0.25, 0.3) is 0 Å². The van der Waals surface area contributed by atoms with E-state index < -0.39 is 12.0 Å². The van der Waals surface area contributed by atoms with E-state index in [0.29, 0.717) is 19.5 Å². The van der Waals surface area contributed by atoms with Crippen molar-refractivity contribution in [2.24, 2.45) is 5.92 Å².